The number of rotatable bonds is 3. The number of hydrogen-bond donors (Lipinski definition) is 0. The molecule has 0 aromatic carbocycles. The van der Waals surface area contributed by atoms with Crippen LogP contribution < -0.4 is 5.72 Å². The summed E-state index contributed by atoms with van der Waals surface area (Å²) in [5.74, 6) is 0. The summed E-state index contributed by atoms with van der Waals surface area (Å²) in [6.45, 7) is 0.845. The van der Waals surface area contributed by atoms with Crippen molar-refractivity contribution in [1.82, 2.24) is 14.5 Å². The molecule has 2 rings (SSSR count). The van der Waals surface area contributed by atoms with Crippen molar-refractivity contribution < 1.29 is 0 Å². The third-order valence-corrected chi connectivity index (χ3v) is 2.11. The molecule has 2 aromatic rings. The SMILES string of the molecule is [B]c1nccn1CCc1cccnc1. The van der Waals surface area contributed by atoms with Crippen molar-refractivity contribution in [3.05, 3.63) is 42.5 Å². The normalized spacial score (nSPS) is 10.3. The second-order valence-electron chi connectivity index (χ2n) is 3.09. The van der Waals surface area contributed by atoms with E-state index in [1.165, 1.54) is 5.56 Å². The van der Waals surface area contributed by atoms with E-state index in [9.17, 15) is 0 Å². The molecule has 4 heteroatoms. The molecule has 2 heterocycles. The molecule has 0 fully saturated rings. The first-order valence-electron chi connectivity index (χ1n) is 4.52. The van der Waals surface area contributed by atoms with Gasteiger partial charge in [-0.05, 0) is 18.1 Å². The molecule has 0 amide bonds. The summed E-state index contributed by atoms with van der Waals surface area (Å²) < 4.78 is 1.92. The van der Waals surface area contributed by atoms with Crippen molar-refractivity contribution in [2.24, 2.45) is 0 Å². The van der Waals surface area contributed by atoms with E-state index in [-0.39, 0.29) is 0 Å². The predicted octanol–water partition coefficient (Wildman–Crippen LogP) is 0.315. The van der Waals surface area contributed by atoms with Gasteiger partial charge in [0.25, 0.3) is 0 Å². The Kier molecular flexibility index (Phi) is 2.63. The predicted molar refractivity (Wildman–Crippen MR) is 55.6 cm³/mol. The Morgan fingerprint density at radius 1 is 1.36 bits per heavy atom. The van der Waals surface area contributed by atoms with Gasteiger partial charge in [0.05, 0.1) is 0 Å². The van der Waals surface area contributed by atoms with Gasteiger partial charge in [0.1, 0.15) is 0 Å². The monoisotopic (exact) mass is 183 g/mol. The van der Waals surface area contributed by atoms with E-state index in [1.54, 1.807) is 12.4 Å². The van der Waals surface area contributed by atoms with E-state index in [0.717, 1.165) is 13.0 Å². The molecule has 2 radical (unpaired) electrons. The fraction of sp³-hybridized carbons (Fsp3) is 0.200. The lowest BCUT2D eigenvalue weighted by molar-refractivity contribution is 0.712. The first-order valence-corrected chi connectivity index (χ1v) is 4.52. The first kappa shape index (κ1) is 9.00. The first-order chi connectivity index (χ1) is 6.86. The third kappa shape index (κ3) is 2.02. The summed E-state index contributed by atoms with van der Waals surface area (Å²) in [5.41, 5.74) is 1.77. The van der Waals surface area contributed by atoms with Crippen LogP contribution in [0.25, 0.3) is 0 Å². The van der Waals surface area contributed by atoms with Crippen LogP contribution in [0.3, 0.4) is 0 Å². The highest BCUT2D eigenvalue weighted by Crippen LogP contribution is 1.98. The minimum atomic E-state index is 0.564. The van der Waals surface area contributed by atoms with E-state index in [4.69, 9.17) is 7.85 Å². The molecule has 0 aliphatic carbocycles. The summed E-state index contributed by atoms with van der Waals surface area (Å²) in [7, 11) is 5.64. The van der Waals surface area contributed by atoms with Gasteiger partial charge in [-0.15, -0.1) is 0 Å². The van der Waals surface area contributed by atoms with Crippen LogP contribution in [0.15, 0.2) is 36.9 Å². The number of hydrogen-bond acceptors (Lipinski definition) is 2. The minimum absolute atomic E-state index is 0.564. The fourth-order valence-electron chi connectivity index (χ4n) is 1.33. The second-order valence-corrected chi connectivity index (χ2v) is 3.09. The lowest BCUT2D eigenvalue weighted by Gasteiger charge is -2.04. The van der Waals surface area contributed by atoms with Gasteiger partial charge in [-0.3, -0.25) is 9.97 Å². The molecule has 0 unspecified atom stereocenters. The Balaban J connectivity index is 1.99. The van der Waals surface area contributed by atoms with Crippen LogP contribution in [0.1, 0.15) is 5.56 Å². The molecule has 0 aliphatic heterocycles. The maximum absolute atomic E-state index is 5.64. The van der Waals surface area contributed by atoms with Crippen LogP contribution in [-0.4, -0.2) is 22.4 Å². The molecule has 0 aliphatic rings. The number of aryl methyl sites for hydroxylation is 2. The number of nitrogens with zero attached hydrogens (tertiary/aromatic N) is 3. The Bertz CT molecular complexity index is 397. The Morgan fingerprint density at radius 2 is 2.29 bits per heavy atom. The van der Waals surface area contributed by atoms with E-state index in [1.807, 2.05) is 23.0 Å². The summed E-state index contributed by atoms with van der Waals surface area (Å²) in [4.78, 5) is 8.00. The molecule has 0 saturated carbocycles. The van der Waals surface area contributed by atoms with Gasteiger partial charge in [-0.25, -0.2) is 0 Å². The van der Waals surface area contributed by atoms with Gasteiger partial charge in [-0.1, -0.05) is 6.07 Å². The largest absolute Gasteiger partial charge is 0.344 e. The average Bonchev–Trinajstić information content (AvgIpc) is 2.63. The lowest BCUT2D eigenvalue weighted by Crippen LogP contribution is -2.19. The van der Waals surface area contributed by atoms with Gasteiger partial charge in [0.15, 0.2) is 7.85 Å². The minimum Gasteiger partial charge on any atom is -0.344 e. The molecule has 0 spiro atoms. The molecule has 0 N–H and O–H groups in total. The molecule has 2 aromatic heterocycles. The van der Waals surface area contributed by atoms with Crippen LogP contribution in [0.2, 0.25) is 0 Å². The molecular formula is C10H10BN3. The molecular weight excluding hydrogens is 173 g/mol. The zero-order valence-corrected chi connectivity index (χ0v) is 7.80. The molecule has 0 saturated heterocycles. The Labute approximate surface area is 84.2 Å². The van der Waals surface area contributed by atoms with Crippen LogP contribution in [0.5, 0.6) is 0 Å². The maximum atomic E-state index is 5.64. The van der Waals surface area contributed by atoms with Crippen LogP contribution in [0.4, 0.5) is 0 Å². The maximum Gasteiger partial charge on any atom is 0.167 e. The van der Waals surface area contributed by atoms with Crippen molar-refractivity contribution in [3.63, 3.8) is 0 Å². The van der Waals surface area contributed by atoms with E-state index in [2.05, 4.69) is 16.0 Å². The fourth-order valence-corrected chi connectivity index (χ4v) is 1.33. The van der Waals surface area contributed by atoms with E-state index < -0.39 is 0 Å². The average molecular weight is 183 g/mol. The number of imidazole rings is 1. The van der Waals surface area contributed by atoms with Crippen molar-refractivity contribution >= 4 is 13.6 Å². The lowest BCUT2D eigenvalue weighted by atomic mass is 10.1. The number of aromatic nitrogens is 3. The van der Waals surface area contributed by atoms with Gasteiger partial charge in [0, 0.05) is 37.1 Å². The highest BCUT2D eigenvalue weighted by atomic mass is 15.0. The topological polar surface area (TPSA) is 30.7 Å². The van der Waals surface area contributed by atoms with Gasteiger partial charge < -0.3 is 4.57 Å². The zero-order chi connectivity index (χ0) is 9.80. The summed E-state index contributed by atoms with van der Waals surface area (Å²) in [5, 5.41) is 0. The second kappa shape index (κ2) is 4.09. The van der Waals surface area contributed by atoms with Crippen molar-refractivity contribution in [2.45, 2.75) is 13.0 Å². The molecule has 14 heavy (non-hydrogen) atoms. The van der Waals surface area contributed by atoms with Crippen molar-refractivity contribution in [1.29, 1.82) is 0 Å². The van der Waals surface area contributed by atoms with Crippen LogP contribution in [-0.2, 0) is 13.0 Å². The molecule has 0 bridgehead atoms. The van der Waals surface area contributed by atoms with E-state index >= 15 is 0 Å². The number of pyridine rings is 1. The Morgan fingerprint density at radius 3 is 2.93 bits per heavy atom. The smallest absolute Gasteiger partial charge is 0.167 e. The highest BCUT2D eigenvalue weighted by molar-refractivity contribution is 6.29. The third-order valence-electron chi connectivity index (χ3n) is 2.11. The van der Waals surface area contributed by atoms with Gasteiger partial charge >= 0.3 is 0 Å². The van der Waals surface area contributed by atoms with Gasteiger partial charge in [-0.2, -0.15) is 0 Å². The van der Waals surface area contributed by atoms with Gasteiger partial charge in [0.2, 0.25) is 0 Å². The molecule has 3 nitrogen and oxygen atoms in total. The zero-order valence-electron chi connectivity index (χ0n) is 7.80. The van der Waals surface area contributed by atoms with Crippen LogP contribution >= 0.6 is 0 Å². The molecule has 68 valence electrons. The standard InChI is InChI=1S/C10H10BN3/c11-10-13-5-7-14(10)6-3-9-2-1-4-12-8-9/h1-2,4-5,7-8H,3,6H2. The van der Waals surface area contributed by atoms with Crippen molar-refractivity contribution in [3.8, 4) is 0 Å². The summed E-state index contributed by atoms with van der Waals surface area (Å²) in [6.07, 6.45) is 8.15. The summed E-state index contributed by atoms with van der Waals surface area (Å²) in [6, 6.07) is 3.99. The molecule has 0 atom stereocenters. The highest BCUT2D eigenvalue weighted by Gasteiger charge is 1.96. The Hall–Kier alpha value is -1.58. The van der Waals surface area contributed by atoms with Crippen molar-refractivity contribution in [2.75, 3.05) is 0 Å². The van der Waals surface area contributed by atoms with Crippen LogP contribution in [0, 0.1) is 0 Å². The summed E-state index contributed by atoms with van der Waals surface area (Å²) >= 11 is 0. The quantitative estimate of drug-likeness (QED) is 0.641. The van der Waals surface area contributed by atoms with E-state index in [0.29, 0.717) is 5.72 Å².